The number of nitrogens with zero attached hydrogens (tertiary/aromatic N) is 1. The molecule has 1 aliphatic heterocycles. The van der Waals surface area contributed by atoms with Gasteiger partial charge in [-0.1, -0.05) is 17.7 Å². The highest BCUT2D eigenvalue weighted by atomic mass is 32.2. The van der Waals surface area contributed by atoms with E-state index in [1.165, 1.54) is 17.3 Å². The Morgan fingerprint density at radius 1 is 1.08 bits per heavy atom. The van der Waals surface area contributed by atoms with Crippen molar-refractivity contribution in [3.63, 3.8) is 0 Å². The number of aryl methyl sites for hydroxylation is 2. The van der Waals surface area contributed by atoms with E-state index in [0.29, 0.717) is 21.6 Å². The lowest BCUT2D eigenvalue weighted by Crippen LogP contribution is -2.19. The zero-order valence-electron chi connectivity index (χ0n) is 15.1. The lowest BCUT2D eigenvalue weighted by Gasteiger charge is -2.07. The third-order valence-corrected chi connectivity index (χ3v) is 4.86. The number of rotatable bonds is 4. The molecule has 0 spiro atoms. The van der Waals surface area contributed by atoms with E-state index < -0.39 is 0 Å². The van der Waals surface area contributed by atoms with Crippen LogP contribution in [-0.4, -0.2) is 25.3 Å². The normalized spacial score (nSPS) is 16.8. The van der Waals surface area contributed by atoms with Gasteiger partial charge in [0.25, 0.3) is 5.91 Å². The number of methoxy groups -OCH3 is 2. The standard InChI is InChI=1S/C20H20N2O3S/c1-12-5-8-16(13(2)9-12)21-20-22-19(23)18(26-20)10-14-6-7-15(24-3)11-17(14)25-4/h5-11H,1-4H3,(H,21,22,23)/b18-10+. The van der Waals surface area contributed by atoms with Gasteiger partial charge in [0, 0.05) is 11.6 Å². The fraction of sp³-hybridized carbons (Fsp3) is 0.200. The summed E-state index contributed by atoms with van der Waals surface area (Å²) in [5.74, 6) is 1.17. The molecule has 1 N–H and O–H groups in total. The predicted octanol–water partition coefficient (Wildman–Crippen LogP) is 4.21. The first-order chi connectivity index (χ1) is 12.5. The number of carbonyl (C=O) groups is 1. The van der Waals surface area contributed by atoms with Crippen LogP contribution in [0.3, 0.4) is 0 Å². The Morgan fingerprint density at radius 3 is 2.58 bits per heavy atom. The van der Waals surface area contributed by atoms with Gasteiger partial charge >= 0.3 is 0 Å². The molecule has 6 heteroatoms. The highest BCUT2D eigenvalue weighted by Crippen LogP contribution is 2.32. The maximum atomic E-state index is 12.3. The molecule has 1 saturated heterocycles. The maximum absolute atomic E-state index is 12.3. The number of hydrogen-bond acceptors (Lipinski definition) is 5. The topological polar surface area (TPSA) is 59.9 Å². The summed E-state index contributed by atoms with van der Waals surface area (Å²) in [7, 11) is 3.19. The third-order valence-electron chi connectivity index (χ3n) is 3.95. The molecule has 0 aliphatic carbocycles. The summed E-state index contributed by atoms with van der Waals surface area (Å²) >= 11 is 1.31. The van der Waals surface area contributed by atoms with Gasteiger partial charge in [-0.05, 0) is 55.4 Å². The van der Waals surface area contributed by atoms with Crippen LogP contribution in [0.2, 0.25) is 0 Å². The van der Waals surface area contributed by atoms with E-state index in [9.17, 15) is 4.79 Å². The molecule has 0 radical (unpaired) electrons. The molecule has 0 aromatic heterocycles. The Labute approximate surface area is 157 Å². The molecule has 0 atom stereocenters. The first-order valence-corrected chi connectivity index (χ1v) is 8.90. The monoisotopic (exact) mass is 368 g/mol. The second kappa shape index (κ2) is 7.66. The fourth-order valence-electron chi connectivity index (χ4n) is 2.60. The second-order valence-corrected chi connectivity index (χ2v) is 6.91. The van der Waals surface area contributed by atoms with Crippen molar-refractivity contribution in [3.05, 3.63) is 58.0 Å². The number of amides is 1. The van der Waals surface area contributed by atoms with Gasteiger partial charge in [-0.2, -0.15) is 0 Å². The number of aliphatic imine (C=N–C) groups is 1. The van der Waals surface area contributed by atoms with Crippen molar-refractivity contribution in [3.8, 4) is 11.5 Å². The third kappa shape index (κ3) is 3.91. The number of hydrogen-bond donors (Lipinski definition) is 1. The molecular formula is C20H20N2O3S. The molecule has 1 aliphatic rings. The minimum Gasteiger partial charge on any atom is -0.497 e. The van der Waals surface area contributed by atoms with E-state index in [1.807, 2.05) is 38.1 Å². The molecule has 1 fully saturated rings. The number of carbonyl (C=O) groups excluding carboxylic acids is 1. The van der Waals surface area contributed by atoms with Crippen LogP contribution >= 0.6 is 11.8 Å². The smallest absolute Gasteiger partial charge is 0.264 e. The molecule has 5 nitrogen and oxygen atoms in total. The van der Waals surface area contributed by atoms with Crippen molar-refractivity contribution in [2.24, 2.45) is 4.99 Å². The van der Waals surface area contributed by atoms with Crippen LogP contribution in [-0.2, 0) is 4.79 Å². The molecule has 0 bridgehead atoms. The van der Waals surface area contributed by atoms with E-state index in [0.717, 1.165) is 16.8 Å². The molecule has 0 unspecified atom stereocenters. The van der Waals surface area contributed by atoms with E-state index in [4.69, 9.17) is 9.47 Å². The number of amidine groups is 1. The minimum absolute atomic E-state index is 0.170. The Kier molecular flexibility index (Phi) is 5.32. The highest BCUT2D eigenvalue weighted by molar-refractivity contribution is 8.18. The quantitative estimate of drug-likeness (QED) is 0.821. The lowest BCUT2D eigenvalue weighted by molar-refractivity contribution is -0.115. The average Bonchev–Trinajstić information content (AvgIpc) is 2.97. The van der Waals surface area contributed by atoms with E-state index in [1.54, 1.807) is 26.4 Å². The van der Waals surface area contributed by atoms with Crippen LogP contribution < -0.4 is 14.8 Å². The first-order valence-electron chi connectivity index (χ1n) is 8.09. The van der Waals surface area contributed by atoms with Gasteiger partial charge in [-0.3, -0.25) is 4.79 Å². The summed E-state index contributed by atoms with van der Waals surface area (Å²) < 4.78 is 10.6. The van der Waals surface area contributed by atoms with E-state index >= 15 is 0 Å². The average molecular weight is 368 g/mol. The molecule has 3 rings (SSSR count). The Morgan fingerprint density at radius 2 is 1.88 bits per heavy atom. The zero-order chi connectivity index (χ0) is 18.7. The molecule has 2 aromatic carbocycles. The minimum atomic E-state index is -0.170. The SMILES string of the molecule is COc1ccc(/C=C2/SC(=Nc3ccc(C)cc3C)NC2=O)c(OC)c1. The maximum Gasteiger partial charge on any atom is 0.264 e. The summed E-state index contributed by atoms with van der Waals surface area (Å²) in [4.78, 5) is 17.4. The van der Waals surface area contributed by atoms with Crippen LogP contribution in [0.25, 0.3) is 6.08 Å². The number of benzene rings is 2. The van der Waals surface area contributed by atoms with Crippen molar-refractivity contribution in [1.29, 1.82) is 0 Å². The molecule has 0 saturated carbocycles. The predicted molar refractivity (Wildman–Crippen MR) is 106 cm³/mol. The summed E-state index contributed by atoms with van der Waals surface area (Å²) in [6, 6.07) is 11.5. The summed E-state index contributed by atoms with van der Waals surface area (Å²) in [6.07, 6.45) is 1.79. The van der Waals surface area contributed by atoms with E-state index in [2.05, 4.69) is 16.4 Å². The molecule has 134 valence electrons. The largest absolute Gasteiger partial charge is 0.497 e. The molecular weight excluding hydrogens is 348 g/mol. The Balaban J connectivity index is 1.88. The van der Waals surface area contributed by atoms with Gasteiger partial charge < -0.3 is 14.8 Å². The molecule has 2 aromatic rings. The second-order valence-electron chi connectivity index (χ2n) is 5.88. The Hall–Kier alpha value is -2.73. The zero-order valence-corrected chi connectivity index (χ0v) is 15.9. The molecule has 1 amide bonds. The van der Waals surface area contributed by atoms with Gasteiger partial charge in [-0.15, -0.1) is 0 Å². The van der Waals surface area contributed by atoms with Crippen LogP contribution in [0.15, 0.2) is 46.3 Å². The Bertz CT molecular complexity index is 919. The van der Waals surface area contributed by atoms with Crippen molar-refractivity contribution in [2.45, 2.75) is 13.8 Å². The van der Waals surface area contributed by atoms with Gasteiger partial charge in [-0.25, -0.2) is 4.99 Å². The summed E-state index contributed by atoms with van der Waals surface area (Å²) in [6.45, 7) is 4.05. The van der Waals surface area contributed by atoms with Crippen LogP contribution in [0.5, 0.6) is 11.5 Å². The number of thioether (sulfide) groups is 1. The summed E-state index contributed by atoms with van der Waals surface area (Å²) in [5, 5.41) is 3.38. The molecule has 1 heterocycles. The first kappa shape index (κ1) is 18.1. The van der Waals surface area contributed by atoms with Gasteiger partial charge in [0.1, 0.15) is 11.5 Å². The lowest BCUT2D eigenvalue weighted by atomic mass is 10.1. The van der Waals surface area contributed by atoms with Crippen LogP contribution in [0, 0.1) is 13.8 Å². The fourth-order valence-corrected chi connectivity index (χ4v) is 3.43. The highest BCUT2D eigenvalue weighted by Gasteiger charge is 2.24. The van der Waals surface area contributed by atoms with Crippen LogP contribution in [0.1, 0.15) is 16.7 Å². The van der Waals surface area contributed by atoms with E-state index in [-0.39, 0.29) is 5.91 Å². The molecule has 26 heavy (non-hydrogen) atoms. The van der Waals surface area contributed by atoms with Crippen molar-refractivity contribution < 1.29 is 14.3 Å². The van der Waals surface area contributed by atoms with Crippen LogP contribution in [0.4, 0.5) is 5.69 Å². The van der Waals surface area contributed by atoms with Gasteiger partial charge in [0.05, 0.1) is 24.8 Å². The van der Waals surface area contributed by atoms with Crippen molar-refractivity contribution >= 4 is 34.6 Å². The number of ether oxygens (including phenoxy) is 2. The van der Waals surface area contributed by atoms with Crippen molar-refractivity contribution in [1.82, 2.24) is 5.32 Å². The van der Waals surface area contributed by atoms with Crippen molar-refractivity contribution in [2.75, 3.05) is 14.2 Å². The number of nitrogens with one attached hydrogen (secondary N) is 1. The van der Waals surface area contributed by atoms with Gasteiger partial charge in [0.15, 0.2) is 5.17 Å². The van der Waals surface area contributed by atoms with Gasteiger partial charge in [0.2, 0.25) is 0 Å². The summed E-state index contributed by atoms with van der Waals surface area (Å²) in [5.41, 5.74) is 3.91.